The molecule has 1 atom stereocenters. The monoisotopic (exact) mass is 540 g/mol. The number of hydrogen-bond acceptors (Lipinski definition) is 3. The molecule has 0 bridgehead atoms. The molecule has 2 amide bonds. The van der Waals surface area contributed by atoms with E-state index in [1.165, 1.54) is 0 Å². The summed E-state index contributed by atoms with van der Waals surface area (Å²) in [5.74, 6) is -0.141. The van der Waals surface area contributed by atoms with Gasteiger partial charge in [0.05, 0.1) is 0 Å². The molecular formula is C29H34Cl2N4O2. The highest BCUT2D eigenvalue weighted by Gasteiger charge is 2.32. The Bertz CT molecular complexity index is 1290. The fourth-order valence-corrected chi connectivity index (χ4v) is 6.71. The first-order valence-electron chi connectivity index (χ1n) is 13.2. The van der Waals surface area contributed by atoms with Gasteiger partial charge in [0.15, 0.2) is 0 Å². The van der Waals surface area contributed by atoms with Crippen LogP contribution in [-0.2, 0) is 11.3 Å². The molecule has 2 fully saturated rings. The van der Waals surface area contributed by atoms with Crippen LogP contribution < -0.4 is 5.73 Å². The maximum absolute atomic E-state index is 14.0. The number of para-hydroxylation sites is 1. The second-order valence-corrected chi connectivity index (χ2v) is 11.1. The molecule has 0 aliphatic carbocycles. The van der Waals surface area contributed by atoms with Crippen molar-refractivity contribution in [3.63, 3.8) is 0 Å². The minimum Gasteiger partial charge on any atom is -0.368 e. The van der Waals surface area contributed by atoms with Crippen molar-refractivity contribution in [2.45, 2.75) is 57.5 Å². The van der Waals surface area contributed by atoms with E-state index in [1.54, 1.807) is 6.92 Å². The van der Waals surface area contributed by atoms with Gasteiger partial charge in [-0.05, 0) is 81.8 Å². The van der Waals surface area contributed by atoms with Gasteiger partial charge >= 0.3 is 0 Å². The molecule has 1 aromatic heterocycles. The van der Waals surface area contributed by atoms with E-state index >= 15 is 0 Å². The second-order valence-electron chi connectivity index (χ2n) is 10.3. The number of hydrogen-bond donors (Lipinski definition) is 1. The minimum absolute atomic E-state index is 0.00302. The summed E-state index contributed by atoms with van der Waals surface area (Å²) in [6.07, 6.45) is 5.03. The molecule has 0 saturated carbocycles. The highest BCUT2D eigenvalue weighted by Crippen LogP contribution is 2.39. The molecule has 1 unspecified atom stereocenters. The number of nitrogens with zero attached hydrogens (tertiary/aromatic N) is 3. The summed E-state index contributed by atoms with van der Waals surface area (Å²) in [4.78, 5) is 30.7. The van der Waals surface area contributed by atoms with Crippen LogP contribution in [0.2, 0.25) is 10.0 Å². The van der Waals surface area contributed by atoms with Crippen molar-refractivity contribution >= 4 is 45.9 Å². The number of rotatable bonds is 6. The van der Waals surface area contributed by atoms with Crippen LogP contribution in [0.15, 0.2) is 42.5 Å². The van der Waals surface area contributed by atoms with E-state index in [0.717, 1.165) is 90.4 Å². The lowest BCUT2D eigenvalue weighted by Crippen LogP contribution is -2.39. The average molecular weight is 542 g/mol. The predicted molar refractivity (Wildman–Crippen MR) is 149 cm³/mol. The summed E-state index contributed by atoms with van der Waals surface area (Å²) >= 11 is 13.0. The van der Waals surface area contributed by atoms with Gasteiger partial charge in [0.1, 0.15) is 11.7 Å². The number of nitrogens with two attached hydrogens (primary N) is 1. The zero-order valence-electron chi connectivity index (χ0n) is 21.3. The zero-order chi connectivity index (χ0) is 26.1. The molecule has 3 aromatic rings. The van der Waals surface area contributed by atoms with Gasteiger partial charge in [0.2, 0.25) is 5.91 Å². The van der Waals surface area contributed by atoms with E-state index in [2.05, 4.69) is 11.0 Å². The van der Waals surface area contributed by atoms with Crippen LogP contribution in [-0.4, -0.2) is 52.4 Å². The molecule has 2 aromatic carbocycles. The van der Waals surface area contributed by atoms with E-state index in [-0.39, 0.29) is 5.91 Å². The van der Waals surface area contributed by atoms with E-state index in [9.17, 15) is 9.59 Å². The van der Waals surface area contributed by atoms with Gasteiger partial charge in [-0.2, -0.15) is 0 Å². The third-order valence-electron chi connectivity index (χ3n) is 8.04. The molecule has 8 heteroatoms. The molecule has 5 rings (SSSR count). The smallest absolute Gasteiger partial charge is 0.270 e. The number of likely N-dealkylation sites (tertiary alicyclic amines) is 2. The van der Waals surface area contributed by atoms with Crippen LogP contribution in [0.1, 0.15) is 72.6 Å². The van der Waals surface area contributed by atoms with Crippen molar-refractivity contribution in [1.82, 2.24) is 14.4 Å². The van der Waals surface area contributed by atoms with Gasteiger partial charge in [0.25, 0.3) is 5.91 Å². The Balaban J connectivity index is 1.49. The Kier molecular flexibility index (Phi) is 7.80. The fourth-order valence-electron chi connectivity index (χ4n) is 6.00. The fraction of sp³-hybridized carbons (Fsp3) is 0.448. The number of carbonyl (C=O) groups is 2. The first-order chi connectivity index (χ1) is 17.9. The first-order valence-corrected chi connectivity index (χ1v) is 14.0. The molecule has 37 heavy (non-hydrogen) atoms. The van der Waals surface area contributed by atoms with Crippen LogP contribution in [0.25, 0.3) is 10.9 Å². The van der Waals surface area contributed by atoms with E-state index in [1.807, 2.05) is 45.9 Å². The molecule has 196 valence electrons. The number of benzene rings is 2. The Labute approximate surface area is 228 Å². The average Bonchev–Trinajstić information content (AvgIpc) is 3.23. The second kappa shape index (κ2) is 11.1. The minimum atomic E-state index is -0.629. The first kappa shape index (κ1) is 26.1. The summed E-state index contributed by atoms with van der Waals surface area (Å²) in [6.45, 7) is 5.65. The SMILES string of the molecule is CC(C(N)=O)n1c(C(=O)N2CCCCC2)c(CN2CCC(c3c(Cl)cccc3Cl)CC2)c2ccccc21. The quantitative estimate of drug-likeness (QED) is 0.416. The van der Waals surface area contributed by atoms with Gasteiger partial charge in [-0.1, -0.05) is 47.5 Å². The standard InChI is InChI=1S/C29H34Cl2N4O2/c1-19(28(32)36)35-25-11-4-3-8-21(25)22(27(35)29(37)34-14-5-2-6-15-34)18-33-16-12-20(13-17-33)26-23(30)9-7-10-24(26)31/h3-4,7-11,19-20H,2,5-6,12-18H2,1H3,(H2,32,36). The van der Waals surface area contributed by atoms with E-state index in [0.29, 0.717) is 18.2 Å². The highest BCUT2D eigenvalue weighted by molar-refractivity contribution is 6.36. The number of primary amides is 1. The molecule has 2 N–H and O–H groups in total. The van der Waals surface area contributed by atoms with Gasteiger partial charge < -0.3 is 15.2 Å². The molecule has 6 nitrogen and oxygen atoms in total. The molecule has 3 heterocycles. The maximum Gasteiger partial charge on any atom is 0.270 e. The van der Waals surface area contributed by atoms with Crippen LogP contribution in [0.4, 0.5) is 0 Å². The third kappa shape index (κ3) is 5.12. The van der Waals surface area contributed by atoms with Crippen molar-refractivity contribution in [3.05, 3.63) is 69.3 Å². The van der Waals surface area contributed by atoms with Crippen LogP contribution >= 0.6 is 23.2 Å². The summed E-state index contributed by atoms with van der Waals surface area (Å²) in [6, 6.07) is 13.0. The molecule has 0 radical (unpaired) electrons. The topological polar surface area (TPSA) is 71.6 Å². The van der Waals surface area contributed by atoms with E-state index < -0.39 is 11.9 Å². The Morgan fingerprint density at radius 1 is 0.946 bits per heavy atom. The van der Waals surface area contributed by atoms with Crippen molar-refractivity contribution in [2.75, 3.05) is 26.2 Å². The summed E-state index contributed by atoms with van der Waals surface area (Å²) in [5, 5.41) is 2.46. The number of amides is 2. The number of carbonyl (C=O) groups excluding carboxylic acids is 2. The Morgan fingerprint density at radius 3 is 2.24 bits per heavy atom. The third-order valence-corrected chi connectivity index (χ3v) is 8.70. The van der Waals surface area contributed by atoms with Crippen LogP contribution in [0, 0.1) is 0 Å². The van der Waals surface area contributed by atoms with Gasteiger partial charge in [0, 0.05) is 46.1 Å². The lowest BCUT2D eigenvalue weighted by molar-refractivity contribution is -0.120. The molecule has 2 aliphatic heterocycles. The lowest BCUT2D eigenvalue weighted by Gasteiger charge is -2.33. The molecule has 0 spiro atoms. The van der Waals surface area contributed by atoms with E-state index in [4.69, 9.17) is 28.9 Å². The summed E-state index contributed by atoms with van der Waals surface area (Å²) in [7, 11) is 0. The predicted octanol–water partition coefficient (Wildman–Crippen LogP) is 6.00. The maximum atomic E-state index is 14.0. The number of halogens is 2. The number of aromatic nitrogens is 1. The van der Waals surface area contributed by atoms with Crippen molar-refractivity contribution in [3.8, 4) is 0 Å². The summed E-state index contributed by atoms with van der Waals surface area (Å²) in [5.41, 5.74) is 9.28. The van der Waals surface area contributed by atoms with Crippen LogP contribution in [0.3, 0.4) is 0 Å². The van der Waals surface area contributed by atoms with Crippen LogP contribution in [0.5, 0.6) is 0 Å². The molecule has 2 saturated heterocycles. The normalized spacial score (nSPS) is 18.3. The summed E-state index contributed by atoms with van der Waals surface area (Å²) < 4.78 is 1.88. The zero-order valence-corrected chi connectivity index (χ0v) is 22.8. The lowest BCUT2D eigenvalue weighted by atomic mass is 9.89. The van der Waals surface area contributed by atoms with Crippen molar-refractivity contribution in [2.24, 2.45) is 5.73 Å². The van der Waals surface area contributed by atoms with Gasteiger partial charge in [-0.3, -0.25) is 14.5 Å². The molecule has 2 aliphatic rings. The number of piperidine rings is 2. The Morgan fingerprint density at radius 2 is 1.59 bits per heavy atom. The van der Waals surface area contributed by atoms with Crippen molar-refractivity contribution < 1.29 is 9.59 Å². The van der Waals surface area contributed by atoms with Crippen molar-refractivity contribution in [1.29, 1.82) is 0 Å². The van der Waals surface area contributed by atoms with Gasteiger partial charge in [-0.25, -0.2) is 0 Å². The largest absolute Gasteiger partial charge is 0.368 e. The van der Waals surface area contributed by atoms with Gasteiger partial charge in [-0.15, -0.1) is 0 Å². The Hall–Kier alpha value is -2.54. The number of fused-ring (bicyclic) bond motifs is 1. The molecular weight excluding hydrogens is 507 g/mol. The highest BCUT2D eigenvalue weighted by atomic mass is 35.5.